The minimum absolute atomic E-state index is 0.0967. The summed E-state index contributed by atoms with van der Waals surface area (Å²) >= 11 is 13.6. The van der Waals surface area contributed by atoms with Gasteiger partial charge in [-0.05, 0) is 66.4 Å². The Labute approximate surface area is 227 Å². The number of hydrogen-bond donors (Lipinski definition) is 0. The average Bonchev–Trinajstić information content (AvgIpc) is 3.69. The summed E-state index contributed by atoms with van der Waals surface area (Å²) in [5, 5.41) is 0.134. The van der Waals surface area contributed by atoms with Crippen LogP contribution in [0.5, 0.6) is 17.2 Å². The van der Waals surface area contributed by atoms with E-state index >= 15 is 0 Å². The normalized spacial score (nSPS) is 13.8. The fourth-order valence-electron chi connectivity index (χ4n) is 3.51. The van der Waals surface area contributed by atoms with Crippen molar-refractivity contribution in [1.29, 1.82) is 0 Å². The molecule has 1 fully saturated rings. The fraction of sp³-hybridized carbons (Fsp3) is 0.308. The van der Waals surface area contributed by atoms with Crippen LogP contribution in [-0.4, -0.2) is 25.6 Å². The van der Waals surface area contributed by atoms with E-state index in [1.165, 1.54) is 13.2 Å². The molecule has 0 aliphatic heterocycles. The number of nitrogens with one attached hydrogen (secondary N) is 1. The van der Waals surface area contributed by atoms with Gasteiger partial charge >= 0.3 is 11.9 Å². The monoisotopic (exact) mass is 570 g/mol. The lowest BCUT2D eigenvalue weighted by atomic mass is 10.0. The summed E-state index contributed by atoms with van der Waals surface area (Å²) in [6, 6.07) is 11.5. The van der Waals surface area contributed by atoms with Crippen molar-refractivity contribution in [3.05, 3.63) is 76.0 Å². The van der Waals surface area contributed by atoms with Gasteiger partial charge in [-0.25, -0.2) is 9.78 Å². The van der Waals surface area contributed by atoms with Gasteiger partial charge in [0, 0.05) is 16.9 Å². The van der Waals surface area contributed by atoms with E-state index in [4.69, 9.17) is 37.4 Å². The first-order valence-corrected chi connectivity index (χ1v) is 13.0. The zero-order valence-electron chi connectivity index (χ0n) is 19.7. The van der Waals surface area contributed by atoms with Crippen LogP contribution < -0.4 is 19.2 Å². The Bertz CT molecular complexity index is 1230. The molecule has 6 nitrogen and oxygen atoms in total. The number of thioether (sulfide) groups is 1. The van der Waals surface area contributed by atoms with Crippen LogP contribution in [0.2, 0.25) is 10.0 Å². The molecular formula is C26H24Cl2F2NO5S+. The van der Waals surface area contributed by atoms with E-state index in [1.807, 2.05) is 0 Å². The zero-order chi connectivity index (χ0) is 26.4. The largest absolute Gasteiger partial charge is 0.497 e. The number of halogens is 4. The lowest BCUT2D eigenvalue weighted by Crippen LogP contribution is -2.14. The number of benzene rings is 2. The molecular weight excluding hydrogens is 547 g/mol. The second kappa shape index (κ2) is 12.7. The van der Waals surface area contributed by atoms with Crippen LogP contribution in [0.3, 0.4) is 0 Å². The SMILES string of the molecule is COc1cccc(SC(=O)O[C@@H](Cc2c(Cl)c[nH+]cc2Cl)c2ccc(OC(F)F)c(OCC3CC3)c2)c1. The summed E-state index contributed by atoms with van der Waals surface area (Å²) in [7, 11) is 1.53. The van der Waals surface area contributed by atoms with Crippen LogP contribution in [0, 0.1) is 5.92 Å². The van der Waals surface area contributed by atoms with Gasteiger partial charge in [0.1, 0.15) is 21.9 Å². The molecule has 0 unspecified atom stereocenters. The van der Waals surface area contributed by atoms with Gasteiger partial charge in [-0.2, -0.15) is 8.78 Å². The minimum atomic E-state index is -3.01. The molecule has 0 amide bonds. The number of pyridine rings is 1. The Kier molecular flexibility index (Phi) is 9.34. The second-order valence-corrected chi connectivity index (χ2v) is 10.1. The maximum absolute atomic E-state index is 13.0. The second-order valence-electron chi connectivity index (χ2n) is 8.31. The first kappa shape index (κ1) is 27.3. The highest BCUT2D eigenvalue weighted by molar-refractivity contribution is 8.13. The summed E-state index contributed by atoms with van der Waals surface area (Å²) in [5.41, 5.74) is 1.06. The summed E-state index contributed by atoms with van der Waals surface area (Å²) in [6.07, 6.45) is 4.45. The number of rotatable bonds is 11. The van der Waals surface area contributed by atoms with E-state index in [1.54, 1.807) is 48.8 Å². The quantitative estimate of drug-likeness (QED) is 0.176. The van der Waals surface area contributed by atoms with E-state index in [0.29, 0.717) is 44.3 Å². The van der Waals surface area contributed by atoms with Crippen LogP contribution in [-0.2, 0) is 11.2 Å². The minimum Gasteiger partial charge on any atom is -0.497 e. The molecule has 1 heterocycles. The third kappa shape index (κ3) is 7.87. The van der Waals surface area contributed by atoms with Gasteiger partial charge in [0.2, 0.25) is 0 Å². The molecule has 11 heteroatoms. The summed E-state index contributed by atoms with van der Waals surface area (Å²) in [6.45, 7) is -2.63. The molecule has 1 aromatic heterocycles. The predicted molar refractivity (Wildman–Crippen MR) is 136 cm³/mol. The van der Waals surface area contributed by atoms with Crippen molar-refractivity contribution in [2.45, 2.75) is 36.9 Å². The number of hydrogen-bond acceptors (Lipinski definition) is 6. The van der Waals surface area contributed by atoms with Gasteiger partial charge in [0.25, 0.3) is 0 Å². The number of carbonyl (C=O) groups excluding carboxylic acids is 1. The Morgan fingerprint density at radius 1 is 1.11 bits per heavy atom. The van der Waals surface area contributed by atoms with E-state index in [9.17, 15) is 13.6 Å². The van der Waals surface area contributed by atoms with Crippen LogP contribution in [0.15, 0.2) is 59.8 Å². The molecule has 1 saturated carbocycles. The molecule has 0 bridgehead atoms. The molecule has 0 saturated heterocycles. The standard InChI is InChI=1S/C26H23Cl2F2NO5S/c1-33-17-3-2-4-18(10-17)37-26(32)36-23(11-19-20(27)12-31-13-21(19)28)16-7-8-22(35-25(29)30)24(9-16)34-14-15-5-6-15/h2-4,7-10,12-13,15,23,25H,5-6,11,14H2,1H3/p+1/t23-/m0/s1. The van der Waals surface area contributed by atoms with Crippen LogP contribution in [0.1, 0.15) is 30.1 Å². The Morgan fingerprint density at radius 2 is 1.86 bits per heavy atom. The van der Waals surface area contributed by atoms with Gasteiger partial charge < -0.3 is 18.9 Å². The average molecular weight is 571 g/mol. The number of alkyl halides is 2. The number of carbonyl (C=O) groups is 1. The van der Waals surface area contributed by atoms with Gasteiger partial charge in [-0.3, -0.25) is 0 Å². The van der Waals surface area contributed by atoms with E-state index in [-0.39, 0.29) is 17.9 Å². The fourth-order valence-corrected chi connectivity index (χ4v) is 4.72. The molecule has 0 radical (unpaired) electrons. The molecule has 3 aromatic rings. The van der Waals surface area contributed by atoms with E-state index < -0.39 is 18.0 Å². The van der Waals surface area contributed by atoms with E-state index in [0.717, 1.165) is 24.6 Å². The third-order valence-electron chi connectivity index (χ3n) is 5.59. The molecule has 1 atom stereocenters. The van der Waals surface area contributed by atoms with Crippen molar-refractivity contribution in [2.24, 2.45) is 5.92 Å². The highest BCUT2D eigenvalue weighted by atomic mass is 35.5. The number of aromatic amines is 1. The summed E-state index contributed by atoms with van der Waals surface area (Å²) < 4.78 is 47.5. The molecule has 37 heavy (non-hydrogen) atoms. The van der Waals surface area contributed by atoms with Crippen LogP contribution in [0.25, 0.3) is 0 Å². The molecule has 4 rings (SSSR count). The highest BCUT2D eigenvalue weighted by Crippen LogP contribution is 2.38. The van der Waals surface area contributed by atoms with Crippen LogP contribution >= 0.6 is 35.0 Å². The van der Waals surface area contributed by atoms with Gasteiger partial charge in [-0.1, -0.05) is 35.3 Å². The van der Waals surface area contributed by atoms with Gasteiger partial charge in [0.05, 0.1) is 13.7 Å². The van der Waals surface area contributed by atoms with Crippen LogP contribution in [0.4, 0.5) is 13.6 Å². The Hall–Kier alpha value is -2.75. The predicted octanol–water partition coefficient (Wildman–Crippen LogP) is 7.42. The highest BCUT2D eigenvalue weighted by Gasteiger charge is 2.26. The summed E-state index contributed by atoms with van der Waals surface area (Å²) in [4.78, 5) is 16.4. The maximum atomic E-state index is 13.0. The van der Waals surface area contributed by atoms with Crippen molar-refractivity contribution in [3.63, 3.8) is 0 Å². The molecule has 1 aliphatic rings. The first-order valence-electron chi connectivity index (χ1n) is 11.4. The molecule has 2 aromatic carbocycles. The molecule has 196 valence electrons. The number of methoxy groups -OCH3 is 1. The number of aromatic nitrogens is 1. The third-order valence-corrected chi connectivity index (χ3v) is 7.02. The molecule has 1 N–H and O–H groups in total. The van der Waals surface area contributed by atoms with E-state index in [2.05, 4.69) is 9.72 Å². The van der Waals surface area contributed by atoms with Crippen molar-refractivity contribution in [3.8, 4) is 17.2 Å². The Morgan fingerprint density at radius 3 is 2.54 bits per heavy atom. The van der Waals surface area contributed by atoms with Crippen molar-refractivity contribution in [1.82, 2.24) is 0 Å². The van der Waals surface area contributed by atoms with Crippen molar-refractivity contribution >= 4 is 40.3 Å². The van der Waals surface area contributed by atoms with Gasteiger partial charge in [0.15, 0.2) is 23.9 Å². The zero-order valence-corrected chi connectivity index (χ0v) is 22.0. The number of ether oxygens (including phenoxy) is 4. The Balaban J connectivity index is 1.62. The maximum Gasteiger partial charge on any atom is 0.387 e. The lowest BCUT2D eigenvalue weighted by molar-refractivity contribution is -0.377. The smallest absolute Gasteiger partial charge is 0.387 e. The van der Waals surface area contributed by atoms with Crippen molar-refractivity contribution < 1.29 is 37.5 Å². The van der Waals surface area contributed by atoms with Crippen molar-refractivity contribution in [2.75, 3.05) is 13.7 Å². The lowest BCUT2D eigenvalue weighted by Gasteiger charge is -2.21. The molecule has 0 spiro atoms. The van der Waals surface area contributed by atoms with Gasteiger partial charge in [-0.15, -0.1) is 0 Å². The molecule has 1 aliphatic carbocycles. The topological polar surface area (TPSA) is 68.1 Å². The summed E-state index contributed by atoms with van der Waals surface area (Å²) in [5.74, 6) is 1.03. The first-order chi connectivity index (χ1) is 17.8. The number of H-pyrrole nitrogens is 1.